The molecule has 1 unspecified atom stereocenters. The Morgan fingerprint density at radius 3 is 2.37 bits per heavy atom. The number of nitrogens with zero attached hydrogens (tertiary/aromatic N) is 4. The van der Waals surface area contributed by atoms with E-state index in [9.17, 15) is 4.79 Å². The van der Waals surface area contributed by atoms with Gasteiger partial charge in [-0.05, 0) is 75.5 Å². The Kier molecular flexibility index (Phi) is 8.37. The Bertz CT molecular complexity index is 1090. The van der Waals surface area contributed by atoms with E-state index in [0.717, 1.165) is 38.3 Å². The number of piperidine rings is 1. The average molecular weight is 475 g/mol. The van der Waals surface area contributed by atoms with Gasteiger partial charge in [-0.15, -0.1) is 0 Å². The maximum Gasteiger partial charge on any atom is 0.337 e. The first-order chi connectivity index (χ1) is 16.9. The standard InChI is InChI=1S/C29H38N4O2/c1-22-27(21-32(3)30-22)20-31(2)28(18-23-8-6-5-7-9-23)25-14-16-33(17-15-25)19-24-10-12-26(13-11-24)29(34)35-4/h5-13,21,25,28H,14-20H2,1-4H3. The van der Waals surface area contributed by atoms with Gasteiger partial charge in [0.15, 0.2) is 0 Å². The molecule has 3 aromatic rings. The Morgan fingerprint density at radius 2 is 1.77 bits per heavy atom. The minimum Gasteiger partial charge on any atom is -0.465 e. The molecule has 4 rings (SSSR count). The van der Waals surface area contributed by atoms with E-state index < -0.39 is 0 Å². The fraction of sp³-hybridized carbons (Fsp3) is 0.448. The van der Waals surface area contributed by atoms with Crippen LogP contribution in [0.1, 0.15) is 45.6 Å². The van der Waals surface area contributed by atoms with Crippen LogP contribution in [0.5, 0.6) is 0 Å². The second-order valence-electron chi connectivity index (χ2n) is 9.89. The van der Waals surface area contributed by atoms with Crippen LogP contribution in [-0.2, 0) is 31.3 Å². The van der Waals surface area contributed by atoms with Crippen molar-refractivity contribution in [3.63, 3.8) is 0 Å². The summed E-state index contributed by atoms with van der Waals surface area (Å²) in [5.41, 5.74) is 5.67. The zero-order valence-electron chi connectivity index (χ0n) is 21.5. The molecule has 186 valence electrons. The number of rotatable bonds is 9. The Balaban J connectivity index is 1.40. The largest absolute Gasteiger partial charge is 0.465 e. The lowest BCUT2D eigenvalue weighted by Gasteiger charge is -2.40. The van der Waals surface area contributed by atoms with Crippen LogP contribution in [0.3, 0.4) is 0 Å². The third kappa shape index (κ3) is 6.59. The van der Waals surface area contributed by atoms with Crippen molar-refractivity contribution in [3.8, 4) is 0 Å². The maximum absolute atomic E-state index is 11.7. The number of ether oxygens (including phenoxy) is 1. The van der Waals surface area contributed by atoms with Gasteiger partial charge >= 0.3 is 5.97 Å². The molecule has 1 aromatic heterocycles. The fourth-order valence-corrected chi connectivity index (χ4v) is 5.35. The van der Waals surface area contributed by atoms with E-state index in [0.29, 0.717) is 17.5 Å². The SMILES string of the molecule is COC(=O)c1ccc(CN2CCC(C(Cc3ccccc3)N(C)Cc3cn(C)nc3C)CC2)cc1. The van der Waals surface area contributed by atoms with Crippen molar-refractivity contribution in [2.75, 3.05) is 27.2 Å². The van der Waals surface area contributed by atoms with Gasteiger partial charge in [-0.3, -0.25) is 14.5 Å². The van der Waals surface area contributed by atoms with Crippen molar-refractivity contribution in [2.24, 2.45) is 13.0 Å². The molecular formula is C29H38N4O2. The number of carbonyl (C=O) groups is 1. The molecule has 1 aliphatic rings. The molecule has 1 aliphatic heterocycles. The van der Waals surface area contributed by atoms with Gasteiger partial charge in [0.1, 0.15) is 0 Å². The Morgan fingerprint density at radius 1 is 1.09 bits per heavy atom. The van der Waals surface area contributed by atoms with E-state index in [1.165, 1.54) is 36.6 Å². The summed E-state index contributed by atoms with van der Waals surface area (Å²) in [6.45, 7) is 6.13. The smallest absolute Gasteiger partial charge is 0.337 e. The van der Waals surface area contributed by atoms with Crippen LogP contribution < -0.4 is 0 Å². The first-order valence-electron chi connectivity index (χ1n) is 12.6. The molecule has 1 fully saturated rings. The summed E-state index contributed by atoms with van der Waals surface area (Å²) >= 11 is 0. The summed E-state index contributed by atoms with van der Waals surface area (Å²) in [5, 5.41) is 4.55. The molecule has 6 heteroatoms. The normalized spacial score (nSPS) is 15.9. The van der Waals surface area contributed by atoms with Crippen LogP contribution in [0.15, 0.2) is 60.8 Å². The van der Waals surface area contributed by atoms with Crippen molar-refractivity contribution in [2.45, 2.75) is 45.3 Å². The molecule has 0 spiro atoms. The van der Waals surface area contributed by atoms with Crippen molar-refractivity contribution in [1.82, 2.24) is 19.6 Å². The van der Waals surface area contributed by atoms with E-state index in [1.54, 1.807) is 0 Å². The molecule has 1 saturated heterocycles. The van der Waals surface area contributed by atoms with Crippen LogP contribution in [0.25, 0.3) is 0 Å². The lowest BCUT2D eigenvalue weighted by atomic mass is 9.84. The van der Waals surface area contributed by atoms with Gasteiger partial charge in [-0.1, -0.05) is 42.5 Å². The van der Waals surface area contributed by atoms with Crippen LogP contribution in [0, 0.1) is 12.8 Å². The lowest BCUT2D eigenvalue weighted by Crippen LogP contribution is -2.45. The maximum atomic E-state index is 11.7. The highest BCUT2D eigenvalue weighted by Gasteiger charge is 2.30. The molecule has 1 atom stereocenters. The molecule has 0 N–H and O–H groups in total. The Labute approximate surface area is 209 Å². The predicted molar refractivity (Wildman–Crippen MR) is 139 cm³/mol. The molecular weight excluding hydrogens is 436 g/mol. The van der Waals surface area contributed by atoms with Crippen molar-refractivity contribution in [3.05, 3.63) is 88.7 Å². The van der Waals surface area contributed by atoms with Gasteiger partial charge in [-0.2, -0.15) is 5.10 Å². The molecule has 2 aromatic carbocycles. The van der Waals surface area contributed by atoms with Crippen LogP contribution in [0.2, 0.25) is 0 Å². The zero-order valence-corrected chi connectivity index (χ0v) is 21.5. The number of benzene rings is 2. The molecule has 6 nitrogen and oxygen atoms in total. The highest BCUT2D eigenvalue weighted by molar-refractivity contribution is 5.89. The molecule has 0 amide bonds. The van der Waals surface area contributed by atoms with Gasteiger partial charge in [0.2, 0.25) is 0 Å². The third-order valence-electron chi connectivity index (χ3n) is 7.35. The van der Waals surface area contributed by atoms with Gasteiger partial charge in [0.05, 0.1) is 18.4 Å². The number of aryl methyl sites for hydroxylation is 2. The van der Waals surface area contributed by atoms with Gasteiger partial charge in [0.25, 0.3) is 0 Å². The molecule has 0 aliphatic carbocycles. The van der Waals surface area contributed by atoms with Gasteiger partial charge in [0, 0.05) is 37.9 Å². The summed E-state index contributed by atoms with van der Waals surface area (Å²) in [5.74, 6) is 0.363. The van der Waals surface area contributed by atoms with Gasteiger partial charge < -0.3 is 4.74 Å². The van der Waals surface area contributed by atoms with E-state index in [2.05, 4.69) is 65.4 Å². The molecule has 35 heavy (non-hydrogen) atoms. The van der Waals surface area contributed by atoms with E-state index in [1.807, 2.05) is 36.0 Å². The van der Waals surface area contributed by atoms with E-state index in [-0.39, 0.29) is 5.97 Å². The number of likely N-dealkylation sites (N-methyl/N-ethyl adjacent to an activating group) is 1. The van der Waals surface area contributed by atoms with Crippen LogP contribution in [0.4, 0.5) is 0 Å². The van der Waals surface area contributed by atoms with Crippen molar-refractivity contribution < 1.29 is 9.53 Å². The number of aromatic nitrogens is 2. The fourth-order valence-electron chi connectivity index (χ4n) is 5.35. The quantitative estimate of drug-likeness (QED) is 0.428. The zero-order chi connectivity index (χ0) is 24.8. The number of methoxy groups -OCH3 is 1. The Hall–Kier alpha value is -2.96. The summed E-state index contributed by atoms with van der Waals surface area (Å²) in [6, 6.07) is 19.2. The predicted octanol–water partition coefficient (Wildman–Crippen LogP) is 4.47. The second-order valence-corrected chi connectivity index (χ2v) is 9.89. The summed E-state index contributed by atoms with van der Waals surface area (Å²) in [4.78, 5) is 16.8. The molecule has 0 saturated carbocycles. The second kappa shape index (κ2) is 11.6. The lowest BCUT2D eigenvalue weighted by molar-refractivity contribution is 0.0600. The first-order valence-corrected chi connectivity index (χ1v) is 12.6. The third-order valence-corrected chi connectivity index (χ3v) is 7.35. The minimum absolute atomic E-state index is 0.285. The topological polar surface area (TPSA) is 50.6 Å². The number of hydrogen-bond acceptors (Lipinski definition) is 5. The van der Waals surface area contributed by atoms with E-state index in [4.69, 9.17) is 4.74 Å². The highest BCUT2D eigenvalue weighted by Crippen LogP contribution is 2.28. The molecule has 0 bridgehead atoms. The summed E-state index contributed by atoms with van der Waals surface area (Å²) in [7, 11) is 5.69. The monoisotopic (exact) mass is 474 g/mol. The van der Waals surface area contributed by atoms with E-state index >= 15 is 0 Å². The molecule has 0 radical (unpaired) electrons. The van der Waals surface area contributed by atoms with Crippen molar-refractivity contribution >= 4 is 5.97 Å². The summed E-state index contributed by atoms with van der Waals surface area (Å²) < 4.78 is 6.73. The number of carbonyl (C=O) groups excluding carboxylic acids is 1. The molecule has 2 heterocycles. The van der Waals surface area contributed by atoms with Crippen LogP contribution in [-0.4, -0.2) is 58.8 Å². The number of hydrogen-bond donors (Lipinski definition) is 0. The minimum atomic E-state index is -0.285. The summed E-state index contributed by atoms with van der Waals surface area (Å²) in [6.07, 6.45) is 5.60. The number of likely N-dealkylation sites (tertiary alicyclic amines) is 1. The average Bonchev–Trinajstić information content (AvgIpc) is 3.19. The van der Waals surface area contributed by atoms with Gasteiger partial charge in [-0.25, -0.2) is 4.79 Å². The van der Waals surface area contributed by atoms with Crippen LogP contribution >= 0.6 is 0 Å². The van der Waals surface area contributed by atoms with Crippen molar-refractivity contribution in [1.29, 1.82) is 0 Å². The first kappa shape index (κ1) is 25.1. The highest BCUT2D eigenvalue weighted by atomic mass is 16.5. The number of esters is 1.